The molecule has 2 aliphatic rings. The summed E-state index contributed by atoms with van der Waals surface area (Å²) in [6.45, 7) is 0. The third-order valence-corrected chi connectivity index (χ3v) is 7.63. The molecular weight excluding hydrogens is 204 g/mol. The van der Waals surface area contributed by atoms with Crippen molar-refractivity contribution in [1.82, 2.24) is 0 Å². The fourth-order valence-electron chi connectivity index (χ4n) is 0.556. The fourth-order valence-corrected chi connectivity index (χ4v) is 6.97. The van der Waals surface area contributed by atoms with Gasteiger partial charge in [0.25, 0.3) is 0 Å². The van der Waals surface area contributed by atoms with Gasteiger partial charge in [-0.3, -0.25) is 0 Å². The smallest absolute Gasteiger partial charge is 0.200 e. The zero-order valence-electron chi connectivity index (χ0n) is 5.10. The molecule has 54 valence electrons. The Morgan fingerprint density at radius 1 is 1.70 bits per heavy atom. The molecule has 1 unspecified atom stereocenters. The van der Waals surface area contributed by atoms with E-state index in [1.807, 2.05) is 22.6 Å². The van der Waals surface area contributed by atoms with Gasteiger partial charge >= 0.3 is 0 Å². The van der Waals surface area contributed by atoms with E-state index in [2.05, 4.69) is 9.98 Å². The molecule has 10 heavy (non-hydrogen) atoms. The molecule has 0 aliphatic carbocycles. The van der Waals surface area contributed by atoms with Gasteiger partial charge in [-0.25, -0.2) is 9.98 Å². The van der Waals surface area contributed by atoms with Gasteiger partial charge in [0.05, 0.1) is 5.55 Å². The minimum absolute atomic E-state index is 0.205. The van der Waals surface area contributed by atoms with Crippen molar-refractivity contribution < 1.29 is 0 Å². The molecule has 0 spiro atoms. The summed E-state index contributed by atoms with van der Waals surface area (Å²) in [5.41, 5.74) is 1.88. The standard InChI is InChI=1S/C4H4N2S4/c1-7-4-6-3-5-2-8-10(3)9-4/h2H,1H3. The second-order valence-electron chi connectivity index (χ2n) is 1.51. The lowest BCUT2D eigenvalue weighted by atomic mass is 11.1. The molecule has 2 heterocycles. The summed E-state index contributed by atoms with van der Waals surface area (Å²) in [5, 5.41) is 1.01. The fraction of sp³-hybridized carbons (Fsp3) is 0.250. The highest BCUT2D eigenvalue weighted by Crippen LogP contribution is 2.52. The van der Waals surface area contributed by atoms with E-state index in [-0.39, 0.29) is 8.55 Å². The van der Waals surface area contributed by atoms with E-state index in [1.165, 1.54) is 0 Å². The van der Waals surface area contributed by atoms with Crippen LogP contribution in [0.2, 0.25) is 0 Å². The molecular formula is C4H4N2S4. The van der Waals surface area contributed by atoms with E-state index >= 15 is 0 Å². The second-order valence-corrected chi connectivity index (χ2v) is 8.07. The Labute approximate surface area is 73.1 Å². The Morgan fingerprint density at radius 2 is 2.60 bits per heavy atom. The van der Waals surface area contributed by atoms with Crippen molar-refractivity contribution in [2.45, 2.75) is 0 Å². The van der Waals surface area contributed by atoms with Crippen LogP contribution in [0, 0.1) is 0 Å². The number of aliphatic imine (C=N–C) groups is 2. The van der Waals surface area contributed by atoms with E-state index in [1.54, 1.807) is 22.6 Å². The van der Waals surface area contributed by atoms with Gasteiger partial charge in [-0.15, -0.1) is 11.8 Å². The van der Waals surface area contributed by atoms with Crippen molar-refractivity contribution in [1.29, 1.82) is 0 Å². The van der Waals surface area contributed by atoms with Crippen LogP contribution >= 0.6 is 41.9 Å². The van der Waals surface area contributed by atoms with E-state index in [0.29, 0.717) is 0 Å². The summed E-state index contributed by atoms with van der Waals surface area (Å²) in [7, 11) is 3.79. The van der Waals surface area contributed by atoms with Crippen LogP contribution in [-0.2, 0) is 0 Å². The van der Waals surface area contributed by atoms with Crippen LogP contribution in [-0.4, -0.2) is 21.3 Å². The van der Waals surface area contributed by atoms with Crippen molar-refractivity contribution in [3.8, 4) is 0 Å². The largest absolute Gasteiger partial charge is 0.223 e. The van der Waals surface area contributed by atoms with Crippen LogP contribution in [0.5, 0.6) is 0 Å². The van der Waals surface area contributed by atoms with Gasteiger partial charge in [-0.2, -0.15) is 0 Å². The van der Waals surface area contributed by atoms with Crippen molar-refractivity contribution in [3.63, 3.8) is 0 Å². The predicted molar refractivity (Wildman–Crippen MR) is 57.2 cm³/mol. The Morgan fingerprint density at radius 3 is 3.30 bits per heavy atom. The molecule has 0 fully saturated rings. The molecule has 0 saturated carbocycles. The topological polar surface area (TPSA) is 24.7 Å². The average Bonchev–Trinajstić information content (AvgIpc) is 2.42. The zero-order chi connectivity index (χ0) is 6.97. The van der Waals surface area contributed by atoms with Crippen LogP contribution in [0.15, 0.2) is 9.98 Å². The summed E-state index contributed by atoms with van der Waals surface area (Å²) >= 11 is 1.70. The highest BCUT2D eigenvalue weighted by atomic mass is 33.5. The first-order valence-electron chi connectivity index (χ1n) is 2.52. The van der Waals surface area contributed by atoms with Gasteiger partial charge in [0.2, 0.25) is 5.11 Å². The van der Waals surface area contributed by atoms with E-state index < -0.39 is 0 Å². The highest BCUT2D eigenvalue weighted by molar-refractivity contribution is 9.21. The number of rotatable bonds is 0. The molecule has 2 rings (SSSR count). The predicted octanol–water partition coefficient (Wildman–Crippen LogP) is 2.41. The van der Waals surface area contributed by atoms with Gasteiger partial charge in [-0.05, 0) is 36.4 Å². The van der Waals surface area contributed by atoms with Gasteiger partial charge in [0.1, 0.15) is 4.38 Å². The van der Waals surface area contributed by atoms with Crippen LogP contribution in [0.3, 0.4) is 0 Å². The monoisotopic (exact) mass is 208 g/mol. The molecule has 6 heteroatoms. The lowest BCUT2D eigenvalue weighted by molar-refractivity contribution is 1.66. The molecule has 0 aromatic carbocycles. The molecule has 0 radical (unpaired) electrons. The first-order valence-corrected chi connectivity index (χ1v) is 7.70. The van der Waals surface area contributed by atoms with Crippen LogP contribution in [0.1, 0.15) is 0 Å². The summed E-state index contributed by atoms with van der Waals surface area (Å²) in [6.07, 6.45) is 2.05. The Bertz CT molecular complexity index is 254. The molecule has 2 nitrogen and oxygen atoms in total. The average molecular weight is 208 g/mol. The van der Waals surface area contributed by atoms with Gasteiger partial charge < -0.3 is 0 Å². The second kappa shape index (κ2) is 2.92. The third-order valence-electron chi connectivity index (χ3n) is 0.951. The summed E-state index contributed by atoms with van der Waals surface area (Å²) in [6, 6.07) is 0. The van der Waals surface area contributed by atoms with E-state index in [4.69, 9.17) is 0 Å². The van der Waals surface area contributed by atoms with Crippen molar-refractivity contribution in [2.75, 3.05) is 6.26 Å². The maximum absolute atomic E-state index is 4.32. The normalized spacial score (nSPS) is 29.1. The molecule has 0 bridgehead atoms. The number of thioether (sulfide) groups is 1. The van der Waals surface area contributed by atoms with Gasteiger partial charge in [-0.1, -0.05) is 0 Å². The summed E-state index contributed by atoms with van der Waals surface area (Å²) in [4.78, 5) is 8.46. The van der Waals surface area contributed by atoms with Gasteiger partial charge in [0, 0.05) is 0 Å². The lowest BCUT2D eigenvalue weighted by Crippen LogP contribution is -1.81. The third kappa shape index (κ3) is 1.17. The molecule has 0 N–H and O–H groups in total. The Hall–Kier alpha value is 0.610. The summed E-state index contributed by atoms with van der Waals surface area (Å²) in [5.74, 6) is 0. The molecule has 0 aromatic heterocycles. The molecule has 1 atom stereocenters. The molecule has 0 aromatic rings. The first kappa shape index (κ1) is 7.27. The van der Waals surface area contributed by atoms with Crippen LogP contribution in [0.4, 0.5) is 0 Å². The summed E-state index contributed by atoms with van der Waals surface area (Å²) < 4.78 is 1.16. The SMILES string of the molecule is CSC1=NC2=S(SC=N2)S1. The van der Waals surface area contributed by atoms with Gasteiger partial charge in [0.15, 0.2) is 0 Å². The molecule has 0 amide bonds. The maximum Gasteiger partial charge on any atom is 0.200 e. The maximum atomic E-state index is 4.32. The van der Waals surface area contributed by atoms with Crippen LogP contribution < -0.4 is 0 Å². The van der Waals surface area contributed by atoms with Crippen LogP contribution in [0.25, 0.3) is 0 Å². The van der Waals surface area contributed by atoms with Crippen molar-refractivity contribution in [2.24, 2.45) is 9.98 Å². The zero-order valence-corrected chi connectivity index (χ0v) is 8.37. The number of hydrogen-bond acceptors (Lipinski definition) is 5. The Balaban J connectivity index is 2.23. The van der Waals surface area contributed by atoms with E-state index in [0.717, 1.165) is 9.49 Å². The quantitative estimate of drug-likeness (QED) is 0.451. The first-order chi connectivity index (χ1) is 4.90. The lowest BCUT2D eigenvalue weighted by Gasteiger charge is -1.92. The number of nitrogens with zero attached hydrogens (tertiary/aromatic N) is 2. The van der Waals surface area contributed by atoms with E-state index in [9.17, 15) is 0 Å². The minimum Gasteiger partial charge on any atom is -0.223 e. The minimum atomic E-state index is 0.205. The molecule has 0 saturated heterocycles. The van der Waals surface area contributed by atoms with Crippen molar-refractivity contribution >= 4 is 56.9 Å². The molecule has 2 aliphatic heterocycles. The highest BCUT2D eigenvalue weighted by Gasteiger charge is 2.19. The Kier molecular flexibility index (Phi) is 2.13. The van der Waals surface area contributed by atoms with Crippen molar-refractivity contribution in [3.05, 3.63) is 0 Å². The number of hydrogen-bond donors (Lipinski definition) is 0.